The number of aromatic nitrogens is 2. The number of hydrogen-bond acceptors (Lipinski definition) is 3. The number of amides is 2. The van der Waals surface area contributed by atoms with Crippen LogP contribution in [0.4, 0.5) is 4.79 Å². The van der Waals surface area contributed by atoms with Crippen LogP contribution in [0, 0.1) is 6.92 Å². The molecule has 2 heterocycles. The smallest absolute Gasteiger partial charge is 0.317 e. The number of hydrogen-bond donors (Lipinski definition) is 1. The summed E-state index contributed by atoms with van der Waals surface area (Å²) in [4.78, 5) is 18.1. The second kappa shape index (κ2) is 7.25. The Kier molecular flexibility index (Phi) is 4.88. The van der Waals surface area contributed by atoms with Gasteiger partial charge in [-0.2, -0.15) is 0 Å². The van der Waals surface area contributed by atoms with E-state index in [1.54, 1.807) is 18.1 Å². The van der Waals surface area contributed by atoms with E-state index in [1.807, 2.05) is 61.1 Å². The van der Waals surface area contributed by atoms with Crippen molar-refractivity contribution >= 4 is 6.03 Å². The lowest BCUT2D eigenvalue weighted by atomic mass is 10.1. The van der Waals surface area contributed by atoms with Gasteiger partial charge in [-0.1, -0.05) is 29.8 Å². The van der Waals surface area contributed by atoms with Crippen LogP contribution in [0.5, 0.6) is 0 Å². The topological polar surface area (TPSA) is 63.3 Å². The first-order chi connectivity index (χ1) is 12.0. The van der Waals surface area contributed by atoms with E-state index in [9.17, 15) is 4.79 Å². The van der Waals surface area contributed by atoms with Gasteiger partial charge >= 0.3 is 6.03 Å². The largest absolute Gasteiger partial charge is 0.439 e. The maximum atomic E-state index is 12.2. The van der Waals surface area contributed by atoms with Gasteiger partial charge in [0.15, 0.2) is 5.76 Å². The number of benzene rings is 1. The molecule has 2 aromatic heterocycles. The lowest BCUT2D eigenvalue weighted by Gasteiger charge is -2.17. The molecule has 0 fully saturated rings. The average molecular weight is 338 g/mol. The van der Waals surface area contributed by atoms with Crippen molar-refractivity contribution in [2.75, 3.05) is 7.05 Å². The van der Waals surface area contributed by atoms with E-state index in [0.717, 1.165) is 11.3 Å². The van der Waals surface area contributed by atoms with Crippen molar-refractivity contribution < 1.29 is 9.21 Å². The molecule has 0 bridgehead atoms. The molecule has 1 N–H and O–H groups in total. The number of nitrogens with zero attached hydrogens (tertiary/aromatic N) is 3. The molecule has 0 aliphatic carbocycles. The van der Waals surface area contributed by atoms with Crippen LogP contribution in [0.3, 0.4) is 0 Å². The summed E-state index contributed by atoms with van der Waals surface area (Å²) in [5.74, 6) is 1.18. The van der Waals surface area contributed by atoms with Gasteiger partial charge in [-0.05, 0) is 19.1 Å². The van der Waals surface area contributed by atoms with Crippen molar-refractivity contribution in [1.82, 2.24) is 19.8 Å². The highest BCUT2D eigenvalue weighted by Gasteiger charge is 2.12. The minimum atomic E-state index is -0.170. The first-order valence-corrected chi connectivity index (χ1v) is 8.14. The maximum Gasteiger partial charge on any atom is 0.317 e. The first-order valence-electron chi connectivity index (χ1n) is 8.14. The number of aryl methyl sites for hydroxylation is 2. The molecule has 0 unspecified atom stereocenters. The van der Waals surface area contributed by atoms with Crippen molar-refractivity contribution in [2.24, 2.45) is 7.05 Å². The van der Waals surface area contributed by atoms with E-state index >= 15 is 0 Å². The van der Waals surface area contributed by atoms with Gasteiger partial charge in [-0.15, -0.1) is 0 Å². The third-order valence-electron chi connectivity index (χ3n) is 4.08. The Morgan fingerprint density at radius 2 is 2.04 bits per heavy atom. The van der Waals surface area contributed by atoms with Crippen LogP contribution < -0.4 is 5.32 Å². The zero-order valence-electron chi connectivity index (χ0n) is 14.7. The predicted molar refractivity (Wildman–Crippen MR) is 95.8 cm³/mol. The molecule has 0 aliphatic rings. The summed E-state index contributed by atoms with van der Waals surface area (Å²) in [7, 11) is 3.72. The summed E-state index contributed by atoms with van der Waals surface area (Å²) in [5, 5.41) is 2.83. The van der Waals surface area contributed by atoms with Crippen LogP contribution in [0.15, 0.2) is 53.2 Å². The van der Waals surface area contributed by atoms with Crippen molar-refractivity contribution in [3.8, 4) is 11.3 Å². The Balaban J connectivity index is 1.55. The van der Waals surface area contributed by atoms with Crippen molar-refractivity contribution in [1.29, 1.82) is 0 Å². The molecule has 6 heteroatoms. The summed E-state index contributed by atoms with van der Waals surface area (Å²) in [6.07, 6.45) is 3.64. The monoisotopic (exact) mass is 338 g/mol. The molecule has 0 saturated heterocycles. The summed E-state index contributed by atoms with van der Waals surface area (Å²) < 4.78 is 7.71. The van der Waals surface area contributed by atoms with Crippen LogP contribution >= 0.6 is 0 Å². The second-order valence-electron chi connectivity index (χ2n) is 6.11. The van der Waals surface area contributed by atoms with Crippen LogP contribution in [-0.2, 0) is 20.1 Å². The molecule has 0 radical (unpaired) electrons. The minimum absolute atomic E-state index is 0.170. The second-order valence-corrected chi connectivity index (χ2v) is 6.11. The normalized spacial score (nSPS) is 10.7. The number of nitrogens with one attached hydrogen (secondary N) is 1. The summed E-state index contributed by atoms with van der Waals surface area (Å²) in [5.41, 5.74) is 3.23. The van der Waals surface area contributed by atoms with Gasteiger partial charge in [-0.25, -0.2) is 9.78 Å². The van der Waals surface area contributed by atoms with Gasteiger partial charge in [0.05, 0.1) is 19.3 Å². The molecule has 1 aromatic carbocycles. The number of carbonyl (C=O) groups is 1. The molecule has 0 saturated carbocycles. The van der Waals surface area contributed by atoms with Gasteiger partial charge in [0.2, 0.25) is 5.89 Å². The molecule has 0 aliphatic heterocycles. The Hall–Kier alpha value is -3.02. The SMILES string of the molecule is Cc1ccc(-c2cnc(CNC(=O)N(C)Cc3cccn3C)o2)cc1. The Morgan fingerprint density at radius 3 is 2.72 bits per heavy atom. The molecule has 3 aromatic rings. The fourth-order valence-corrected chi connectivity index (χ4v) is 2.51. The molecule has 0 spiro atoms. The third-order valence-corrected chi connectivity index (χ3v) is 4.08. The number of carbonyl (C=O) groups excluding carboxylic acids is 1. The van der Waals surface area contributed by atoms with Crippen molar-refractivity contribution in [2.45, 2.75) is 20.0 Å². The molecular formula is C19H22N4O2. The highest BCUT2D eigenvalue weighted by atomic mass is 16.4. The Bertz CT molecular complexity index is 848. The van der Waals surface area contributed by atoms with Crippen LogP contribution in [-0.4, -0.2) is 27.5 Å². The Morgan fingerprint density at radius 1 is 1.28 bits per heavy atom. The van der Waals surface area contributed by atoms with E-state index in [2.05, 4.69) is 10.3 Å². The third kappa shape index (κ3) is 4.09. The molecule has 2 amide bonds. The molecule has 25 heavy (non-hydrogen) atoms. The molecule has 3 rings (SSSR count). The van der Waals surface area contributed by atoms with Gasteiger partial charge in [0.25, 0.3) is 0 Å². The number of oxazole rings is 1. The van der Waals surface area contributed by atoms with Crippen LogP contribution in [0.2, 0.25) is 0 Å². The van der Waals surface area contributed by atoms with Gasteiger partial charge in [0.1, 0.15) is 0 Å². The summed E-state index contributed by atoms with van der Waals surface area (Å²) >= 11 is 0. The zero-order valence-corrected chi connectivity index (χ0v) is 14.7. The van der Waals surface area contributed by atoms with Gasteiger partial charge in [-0.3, -0.25) is 0 Å². The van der Waals surface area contributed by atoms with E-state index in [4.69, 9.17) is 4.42 Å². The van der Waals surface area contributed by atoms with Crippen LogP contribution in [0.1, 0.15) is 17.1 Å². The van der Waals surface area contributed by atoms with Gasteiger partial charge in [0, 0.05) is 31.5 Å². The standard InChI is InChI=1S/C19H22N4O2/c1-14-6-8-15(9-7-14)17-11-20-18(25-17)12-21-19(24)23(3)13-16-5-4-10-22(16)2/h4-11H,12-13H2,1-3H3,(H,21,24). The van der Waals surface area contributed by atoms with E-state index in [-0.39, 0.29) is 12.6 Å². The van der Waals surface area contributed by atoms with E-state index in [1.165, 1.54) is 5.56 Å². The number of urea groups is 1. The first kappa shape index (κ1) is 16.8. The maximum absolute atomic E-state index is 12.2. The molecule has 6 nitrogen and oxygen atoms in total. The lowest BCUT2D eigenvalue weighted by molar-refractivity contribution is 0.204. The highest BCUT2D eigenvalue weighted by Crippen LogP contribution is 2.20. The van der Waals surface area contributed by atoms with Crippen LogP contribution in [0.25, 0.3) is 11.3 Å². The van der Waals surface area contributed by atoms with E-state index in [0.29, 0.717) is 18.2 Å². The predicted octanol–water partition coefficient (Wildman–Crippen LogP) is 3.33. The zero-order chi connectivity index (χ0) is 17.8. The quantitative estimate of drug-likeness (QED) is 0.776. The molecule has 0 atom stereocenters. The summed E-state index contributed by atoms with van der Waals surface area (Å²) in [6, 6.07) is 11.8. The average Bonchev–Trinajstić information content (AvgIpc) is 3.23. The fourth-order valence-electron chi connectivity index (χ4n) is 2.51. The highest BCUT2D eigenvalue weighted by molar-refractivity contribution is 5.73. The molecule has 130 valence electrons. The lowest BCUT2D eigenvalue weighted by Crippen LogP contribution is -2.36. The summed E-state index contributed by atoms with van der Waals surface area (Å²) in [6.45, 7) is 2.83. The number of rotatable bonds is 5. The van der Waals surface area contributed by atoms with Gasteiger partial charge < -0.3 is 19.2 Å². The van der Waals surface area contributed by atoms with E-state index < -0.39 is 0 Å². The molecular weight excluding hydrogens is 316 g/mol. The van der Waals surface area contributed by atoms with Crippen molar-refractivity contribution in [3.63, 3.8) is 0 Å². The van der Waals surface area contributed by atoms with Crippen molar-refractivity contribution in [3.05, 3.63) is 65.9 Å². The fraction of sp³-hybridized carbons (Fsp3) is 0.263. The minimum Gasteiger partial charge on any atom is -0.439 e. The Labute approximate surface area is 147 Å².